The van der Waals surface area contributed by atoms with Crippen LogP contribution < -0.4 is 16.1 Å². The van der Waals surface area contributed by atoms with Gasteiger partial charge in [-0.1, -0.05) is 30.3 Å². The number of phenolic OH excluding ortho intramolecular Hbond substituents is 1. The van der Waals surface area contributed by atoms with E-state index in [4.69, 9.17) is 0 Å². The van der Waals surface area contributed by atoms with Crippen molar-refractivity contribution in [3.63, 3.8) is 0 Å². The van der Waals surface area contributed by atoms with Crippen molar-refractivity contribution in [1.29, 1.82) is 0 Å². The molecule has 1 aromatic heterocycles. The summed E-state index contributed by atoms with van der Waals surface area (Å²) in [5.41, 5.74) is 1.18. The number of hydrogen-bond acceptors (Lipinski definition) is 7. The number of carboxylic acids is 1. The quantitative estimate of drug-likeness (QED) is 0.328. The van der Waals surface area contributed by atoms with Crippen LogP contribution in [0, 0.1) is 0 Å². The summed E-state index contributed by atoms with van der Waals surface area (Å²) in [6.07, 6.45) is 2.07. The molecule has 4 N–H and O–H groups in total. The Morgan fingerprint density at radius 1 is 1.12 bits per heavy atom. The molecule has 12 heteroatoms. The molecule has 3 amide bonds. The Kier molecular flexibility index (Phi) is 5.91. The molecule has 206 valence electrons. The number of thioether (sulfide) groups is 1. The number of hydrogen-bond donors (Lipinski definition) is 4. The predicted molar refractivity (Wildman–Crippen MR) is 146 cm³/mol. The molecule has 2 aromatic carbocycles. The summed E-state index contributed by atoms with van der Waals surface area (Å²) < 4.78 is 1.03. The average molecular weight is 563 g/mol. The second-order valence-electron chi connectivity index (χ2n) is 10.7. The smallest absolute Gasteiger partial charge is 0.327 e. The molecule has 11 nitrogen and oxygen atoms in total. The topological polar surface area (TPSA) is 158 Å². The maximum Gasteiger partial charge on any atom is 0.327 e. The number of carbonyl (C=O) groups excluding carboxylic acids is 3. The number of carboxylic acid groups (broad SMARTS) is 1. The first-order chi connectivity index (χ1) is 19.0. The number of benzene rings is 2. The van der Waals surface area contributed by atoms with Crippen LogP contribution >= 0.6 is 11.8 Å². The van der Waals surface area contributed by atoms with Gasteiger partial charge in [-0.05, 0) is 43.5 Å². The number of nitrogens with one attached hydrogen (secondary N) is 2. The van der Waals surface area contributed by atoms with Crippen LogP contribution in [0.4, 0.5) is 0 Å². The molecular formula is C28H26N4O7S. The third kappa shape index (κ3) is 3.93. The summed E-state index contributed by atoms with van der Waals surface area (Å²) in [6, 6.07) is 8.14. The highest BCUT2D eigenvalue weighted by molar-refractivity contribution is 8.01. The largest absolute Gasteiger partial charge is 0.508 e. The van der Waals surface area contributed by atoms with E-state index in [9.17, 15) is 34.2 Å². The van der Waals surface area contributed by atoms with Crippen LogP contribution in [0.25, 0.3) is 10.9 Å². The van der Waals surface area contributed by atoms with Crippen LogP contribution in [-0.2, 0) is 27.3 Å². The number of aliphatic carboxylic acids is 1. The fourth-order valence-electron chi connectivity index (χ4n) is 5.92. The number of fused-ring (bicyclic) bond motifs is 1. The molecule has 6 rings (SSSR count). The van der Waals surface area contributed by atoms with Crippen LogP contribution in [0.3, 0.4) is 0 Å². The van der Waals surface area contributed by atoms with Crippen molar-refractivity contribution >= 4 is 46.4 Å². The molecule has 4 heterocycles. The monoisotopic (exact) mass is 562 g/mol. The highest BCUT2D eigenvalue weighted by atomic mass is 32.2. The molecule has 0 radical (unpaired) electrons. The molecule has 2 saturated heterocycles. The summed E-state index contributed by atoms with van der Waals surface area (Å²) in [5.74, 6) is -3.13. The van der Waals surface area contributed by atoms with Crippen molar-refractivity contribution in [3.8, 4) is 5.75 Å². The molecule has 0 bridgehead atoms. The van der Waals surface area contributed by atoms with E-state index < -0.39 is 57.4 Å². The van der Waals surface area contributed by atoms with E-state index in [1.807, 2.05) is 0 Å². The fraction of sp³-hybridized carbons (Fsp3) is 0.321. The molecule has 4 atom stereocenters. The van der Waals surface area contributed by atoms with Gasteiger partial charge >= 0.3 is 5.97 Å². The third-order valence-corrected chi connectivity index (χ3v) is 9.32. The number of aromatic nitrogens is 1. The Morgan fingerprint density at radius 3 is 2.55 bits per heavy atom. The zero-order valence-corrected chi connectivity index (χ0v) is 22.4. The first-order valence-corrected chi connectivity index (χ1v) is 13.6. The third-order valence-electron chi connectivity index (χ3n) is 7.74. The lowest BCUT2D eigenvalue weighted by molar-refractivity contribution is -0.161. The second-order valence-corrected chi connectivity index (χ2v) is 12.5. The number of β-lactam (4-membered cyclic amide) rings is 1. The minimum atomic E-state index is -1.24. The minimum Gasteiger partial charge on any atom is -0.508 e. The molecule has 0 spiro atoms. The van der Waals surface area contributed by atoms with Crippen molar-refractivity contribution in [1.82, 2.24) is 20.1 Å². The van der Waals surface area contributed by atoms with Gasteiger partial charge in [0, 0.05) is 17.5 Å². The number of nitrogens with zero attached hydrogens (tertiary/aromatic N) is 2. The summed E-state index contributed by atoms with van der Waals surface area (Å²) in [4.78, 5) is 66.4. The van der Waals surface area contributed by atoms with Crippen molar-refractivity contribution in [2.45, 2.75) is 55.1 Å². The molecular weight excluding hydrogens is 536 g/mol. The van der Waals surface area contributed by atoms with Gasteiger partial charge < -0.3 is 30.3 Å². The second kappa shape index (κ2) is 9.12. The Morgan fingerprint density at radius 2 is 1.85 bits per heavy atom. The molecule has 0 saturated carbocycles. The number of rotatable bonds is 6. The van der Waals surface area contributed by atoms with E-state index in [1.54, 1.807) is 54.8 Å². The van der Waals surface area contributed by atoms with Crippen LogP contribution in [-0.4, -0.2) is 65.6 Å². The van der Waals surface area contributed by atoms with Gasteiger partial charge in [0.05, 0.1) is 10.9 Å². The van der Waals surface area contributed by atoms with E-state index in [-0.39, 0.29) is 16.7 Å². The number of aryl methyl sites for hydroxylation is 2. The van der Waals surface area contributed by atoms with Gasteiger partial charge in [0.25, 0.3) is 5.91 Å². The average Bonchev–Trinajstić information content (AvgIpc) is 3.43. The zero-order valence-electron chi connectivity index (χ0n) is 21.6. The van der Waals surface area contributed by atoms with Crippen LogP contribution in [0.15, 0.2) is 53.5 Å². The minimum absolute atomic E-state index is 0.0653. The molecule has 0 aliphatic carbocycles. The first kappa shape index (κ1) is 25.9. The summed E-state index contributed by atoms with van der Waals surface area (Å²) in [7, 11) is 0. The van der Waals surface area contributed by atoms with Gasteiger partial charge in [-0.25, -0.2) is 4.79 Å². The highest BCUT2D eigenvalue weighted by Gasteiger charge is 2.64. The zero-order chi connectivity index (χ0) is 28.5. The Balaban J connectivity index is 1.29. The van der Waals surface area contributed by atoms with Gasteiger partial charge in [0.2, 0.25) is 17.2 Å². The number of pyridine rings is 1. The van der Waals surface area contributed by atoms with Gasteiger partial charge in [-0.3, -0.25) is 19.2 Å². The van der Waals surface area contributed by atoms with E-state index in [2.05, 4.69) is 10.6 Å². The van der Waals surface area contributed by atoms with E-state index in [1.165, 1.54) is 28.9 Å². The van der Waals surface area contributed by atoms with Crippen molar-refractivity contribution in [2.75, 3.05) is 0 Å². The number of aromatic hydroxyl groups is 1. The Hall–Kier alpha value is -4.32. The van der Waals surface area contributed by atoms with Crippen molar-refractivity contribution in [3.05, 3.63) is 75.6 Å². The maximum absolute atomic E-state index is 13.6. The number of amides is 3. The van der Waals surface area contributed by atoms with Crippen molar-refractivity contribution in [2.24, 2.45) is 0 Å². The SMILES string of the molecule is CC1(C)SC2C(NC(=O)C(NC(=O)c3cn4c5c(cc(O)cc5c3=O)CC4)c3ccccc3)C(=O)N2C1C(=O)O. The number of phenols is 1. The van der Waals surface area contributed by atoms with Gasteiger partial charge in [-0.15, -0.1) is 11.8 Å². The van der Waals surface area contributed by atoms with E-state index in [0.717, 1.165) is 5.56 Å². The molecule has 3 aliphatic heterocycles. The molecule has 3 aromatic rings. The lowest BCUT2D eigenvalue weighted by Crippen LogP contribution is -2.71. The van der Waals surface area contributed by atoms with E-state index >= 15 is 0 Å². The van der Waals surface area contributed by atoms with E-state index in [0.29, 0.717) is 24.0 Å². The van der Waals surface area contributed by atoms with Gasteiger partial charge in [0.15, 0.2) is 0 Å². The summed E-state index contributed by atoms with van der Waals surface area (Å²) >= 11 is 1.30. The van der Waals surface area contributed by atoms with Crippen LogP contribution in [0.5, 0.6) is 5.75 Å². The lowest BCUT2D eigenvalue weighted by atomic mass is 9.95. The molecule has 2 fully saturated rings. The lowest BCUT2D eigenvalue weighted by Gasteiger charge is -2.44. The van der Waals surface area contributed by atoms with Crippen LogP contribution in [0.1, 0.15) is 41.4 Å². The standard InChI is InChI=1S/C28H26N4O7S/c1-28(2)22(27(38)39)32-25(37)19(26(32)40-28)30-24(36)18(13-6-4-3-5-7-13)29-23(35)17-12-31-9-8-14-10-15(33)11-16(20(14)31)21(17)34/h3-7,10-12,18-19,22,26,33H,8-9H2,1-2H3,(H,29,35)(H,30,36)(H,38,39). The number of carbonyl (C=O) groups is 4. The fourth-order valence-corrected chi connectivity index (χ4v) is 7.55. The predicted octanol–water partition coefficient (Wildman–Crippen LogP) is 1.37. The molecule has 40 heavy (non-hydrogen) atoms. The normalized spacial score (nSPS) is 22.9. The highest BCUT2D eigenvalue weighted by Crippen LogP contribution is 2.50. The Labute approximate surface area is 232 Å². The summed E-state index contributed by atoms with van der Waals surface area (Å²) in [6.45, 7) is 4.01. The maximum atomic E-state index is 13.6. The molecule has 3 aliphatic rings. The Bertz CT molecular complexity index is 1670. The van der Waals surface area contributed by atoms with Crippen molar-refractivity contribution < 1.29 is 29.4 Å². The van der Waals surface area contributed by atoms with Gasteiger partial charge in [-0.2, -0.15) is 0 Å². The molecule has 4 unspecified atom stereocenters. The summed E-state index contributed by atoms with van der Waals surface area (Å²) in [5, 5.41) is 24.8. The van der Waals surface area contributed by atoms with Crippen LogP contribution in [0.2, 0.25) is 0 Å². The van der Waals surface area contributed by atoms with Gasteiger partial charge in [0.1, 0.15) is 34.8 Å². The first-order valence-electron chi connectivity index (χ1n) is 12.8.